The molecule has 1 atom stereocenters. The molecule has 0 spiro atoms. The van der Waals surface area contributed by atoms with Crippen molar-refractivity contribution >= 4 is 0 Å². The van der Waals surface area contributed by atoms with Gasteiger partial charge in [0, 0.05) is 5.54 Å². The van der Waals surface area contributed by atoms with E-state index in [1.54, 1.807) is 0 Å². The van der Waals surface area contributed by atoms with Crippen LogP contribution in [0.25, 0.3) is 0 Å². The van der Waals surface area contributed by atoms with Gasteiger partial charge < -0.3 is 10.6 Å². The summed E-state index contributed by atoms with van der Waals surface area (Å²) in [7, 11) is 2.24. The van der Waals surface area contributed by atoms with Crippen LogP contribution in [0.1, 0.15) is 44.9 Å². The highest BCUT2D eigenvalue weighted by Crippen LogP contribution is 2.38. The molecule has 0 aromatic rings. The molecular weight excluding hydrogens is 172 g/mol. The highest BCUT2D eigenvalue weighted by molar-refractivity contribution is 4.98. The van der Waals surface area contributed by atoms with Crippen molar-refractivity contribution in [1.82, 2.24) is 4.90 Å². The van der Waals surface area contributed by atoms with Gasteiger partial charge in [-0.15, -0.1) is 0 Å². The first kappa shape index (κ1) is 10.4. The van der Waals surface area contributed by atoms with Crippen molar-refractivity contribution in [3.8, 4) is 0 Å². The second kappa shape index (κ2) is 4.19. The highest BCUT2D eigenvalue weighted by Gasteiger charge is 2.37. The molecule has 2 heteroatoms. The fourth-order valence-corrected chi connectivity index (χ4v) is 2.50. The maximum absolute atomic E-state index is 6.12. The first-order valence-electron chi connectivity index (χ1n) is 6.15. The van der Waals surface area contributed by atoms with Crippen LogP contribution >= 0.6 is 0 Å². The van der Waals surface area contributed by atoms with E-state index in [1.807, 2.05) is 0 Å². The minimum absolute atomic E-state index is 0.276. The molecule has 0 aromatic carbocycles. The van der Waals surface area contributed by atoms with E-state index in [9.17, 15) is 0 Å². The molecule has 2 N–H and O–H groups in total. The Balaban J connectivity index is 1.69. The lowest BCUT2D eigenvalue weighted by Gasteiger charge is -2.16. The molecule has 0 bridgehead atoms. The Morgan fingerprint density at radius 3 is 2.79 bits per heavy atom. The van der Waals surface area contributed by atoms with Crippen LogP contribution in [0, 0.1) is 5.92 Å². The number of likely N-dealkylation sites (tertiary alicyclic amines) is 1. The third kappa shape index (κ3) is 2.96. The van der Waals surface area contributed by atoms with E-state index in [0.29, 0.717) is 0 Å². The van der Waals surface area contributed by atoms with Crippen LogP contribution in [-0.4, -0.2) is 30.6 Å². The van der Waals surface area contributed by atoms with Crippen molar-refractivity contribution in [1.29, 1.82) is 0 Å². The van der Waals surface area contributed by atoms with Gasteiger partial charge in [-0.25, -0.2) is 0 Å². The van der Waals surface area contributed by atoms with Gasteiger partial charge in [-0.05, 0) is 71.0 Å². The van der Waals surface area contributed by atoms with Gasteiger partial charge >= 0.3 is 0 Å². The standard InChI is InChI=1S/C12H24N2/c1-14-9-2-3-11(5-10-14)4-6-12(13)7-8-12/h11H,2-10,13H2,1H3. The fourth-order valence-electron chi connectivity index (χ4n) is 2.50. The maximum Gasteiger partial charge on any atom is 0.0155 e. The number of nitrogens with zero attached hydrogens (tertiary/aromatic N) is 1. The van der Waals surface area contributed by atoms with E-state index in [-0.39, 0.29) is 5.54 Å². The fraction of sp³-hybridized carbons (Fsp3) is 1.00. The van der Waals surface area contributed by atoms with Crippen LogP contribution < -0.4 is 5.73 Å². The van der Waals surface area contributed by atoms with Gasteiger partial charge in [-0.2, -0.15) is 0 Å². The van der Waals surface area contributed by atoms with E-state index < -0.39 is 0 Å². The quantitative estimate of drug-likeness (QED) is 0.748. The van der Waals surface area contributed by atoms with E-state index >= 15 is 0 Å². The van der Waals surface area contributed by atoms with Gasteiger partial charge in [-0.1, -0.05) is 0 Å². The lowest BCUT2D eigenvalue weighted by atomic mass is 9.93. The number of nitrogens with two attached hydrogens (primary N) is 1. The van der Waals surface area contributed by atoms with Crippen molar-refractivity contribution in [2.75, 3.05) is 20.1 Å². The Morgan fingerprint density at radius 2 is 2.07 bits per heavy atom. The third-order valence-electron chi connectivity index (χ3n) is 4.01. The molecule has 0 aromatic heterocycles. The Hall–Kier alpha value is -0.0800. The summed E-state index contributed by atoms with van der Waals surface area (Å²) in [5, 5.41) is 0. The average molecular weight is 196 g/mol. The van der Waals surface area contributed by atoms with E-state index in [4.69, 9.17) is 5.73 Å². The van der Waals surface area contributed by atoms with Crippen LogP contribution in [0.4, 0.5) is 0 Å². The molecule has 1 unspecified atom stereocenters. The molecule has 2 aliphatic rings. The second-order valence-corrected chi connectivity index (χ2v) is 5.50. The van der Waals surface area contributed by atoms with Gasteiger partial charge in [0.25, 0.3) is 0 Å². The predicted molar refractivity (Wildman–Crippen MR) is 60.2 cm³/mol. The highest BCUT2D eigenvalue weighted by atomic mass is 15.1. The van der Waals surface area contributed by atoms with Gasteiger partial charge in [0.1, 0.15) is 0 Å². The smallest absolute Gasteiger partial charge is 0.0155 e. The molecule has 82 valence electrons. The Kier molecular flexibility index (Phi) is 3.13. The molecule has 0 radical (unpaired) electrons. The maximum atomic E-state index is 6.12. The normalized spacial score (nSPS) is 32.6. The van der Waals surface area contributed by atoms with Crippen molar-refractivity contribution in [2.24, 2.45) is 11.7 Å². The van der Waals surface area contributed by atoms with Crippen LogP contribution in [0.5, 0.6) is 0 Å². The Bertz CT molecular complexity index is 187. The third-order valence-corrected chi connectivity index (χ3v) is 4.01. The number of hydrogen-bond acceptors (Lipinski definition) is 2. The topological polar surface area (TPSA) is 29.3 Å². The molecule has 14 heavy (non-hydrogen) atoms. The molecule has 2 rings (SSSR count). The molecule has 1 saturated heterocycles. The van der Waals surface area contributed by atoms with Crippen LogP contribution in [0.2, 0.25) is 0 Å². The molecule has 1 aliphatic carbocycles. The van der Waals surface area contributed by atoms with E-state index in [0.717, 1.165) is 5.92 Å². The summed E-state index contributed by atoms with van der Waals surface area (Å²) in [4.78, 5) is 2.47. The summed E-state index contributed by atoms with van der Waals surface area (Å²) < 4.78 is 0. The second-order valence-electron chi connectivity index (χ2n) is 5.50. The summed E-state index contributed by atoms with van der Waals surface area (Å²) in [6.07, 6.45) is 9.43. The van der Waals surface area contributed by atoms with E-state index in [1.165, 1.54) is 58.0 Å². The Labute approximate surface area is 87.8 Å². The molecule has 1 heterocycles. The van der Waals surface area contributed by atoms with Crippen molar-refractivity contribution in [2.45, 2.75) is 50.5 Å². The van der Waals surface area contributed by atoms with Crippen molar-refractivity contribution in [3.63, 3.8) is 0 Å². The first-order valence-corrected chi connectivity index (χ1v) is 6.15. The molecule has 1 aliphatic heterocycles. The lowest BCUT2D eigenvalue weighted by Crippen LogP contribution is -2.23. The number of hydrogen-bond donors (Lipinski definition) is 1. The summed E-state index contributed by atoms with van der Waals surface area (Å²) in [6, 6.07) is 0. The zero-order chi connectivity index (χ0) is 10.0. The summed E-state index contributed by atoms with van der Waals surface area (Å²) >= 11 is 0. The minimum Gasteiger partial charge on any atom is -0.325 e. The summed E-state index contributed by atoms with van der Waals surface area (Å²) in [5.74, 6) is 0.959. The van der Waals surface area contributed by atoms with Crippen LogP contribution in [-0.2, 0) is 0 Å². The summed E-state index contributed by atoms with van der Waals surface area (Å²) in [5.41, 5.74) is 6.40. The SMILES string of the molecule is CN1CCCC(CCC2(N)CC2)CC1. The molecule has 1 saturated carbocycles. The zero-order valence-electron chi connectivity index (χ0n) is 9.47. The minimum atomic E-state index is 0.276. The van der Waals surface area contributed by atoms with Crippen LogP contribution in [0.3, 0.4) is 0 Å². The lowest BCUT2D eigenvalue weighted by molar-refractivity contribution is 0.334. The van der Waals surface area contributed by atoms with Gasteiger partial charge in [0.15, 0.2) is 0 Å². The van der Waals surface area contributed by atoms with Crippen molar-refractivity contribution < 1.29 is 0 Å². The molecule has 2 nitrogen and oxygen atoms in total. The van der Waals surface area contributed by atoms with Gasteiger partial charge in [-0.3, -0.25) is 0 Å². The van der Waals surface area contributed by atoms with Crippen molar-refractivity contribution in [3.05, 3.63) is 0 Å². The monoisotopic (exact) mass is 196 g/mol. The summed E-state index contributed by atoms with van der Waals surface area (Å²) in [6.45, 7) is 2.59. The molecule has 0 amide bonds. The van der Waals surface area contributed by atoms with Crippen LogP contribution in [0.15, 0.2) is 0 Å². The zero-order valence-corrected chi connectivity index (χ0v) is 9.47. The average Bonchev–Trinajstić information content (AvgIpc) is 2.90. The number of rotatable bonds is 3. The largest absolute Gasteiger partial charge is 0.325 e. The van der Waals surface area contributed by atoms with E-state index in [2.05, 4.69) is 11.9 Å². The molecule has 2 fully saturated rings. The van der Waals surface area contributed by atoms with Gasteiger partial charge in [0.2, 0.25) is 0 Å². The predicted octanol–water partition coefficient (Wildman–Crippen LogP) is 1.99. The Morgan fingerprint density at radius 1 is 1.29 bits per heavy atom. The van der Waals surface area contributed by atoms with Gasteiger partial charge in [0.05, 0.1) is 0 Å². The molecular formula is C12H24N2. The first-order chi connectivity index (χ1) is 6.68.